The number of anilines is 2. The Bertz CT molecular complexity index is 1340. The zero-order chi connectivity index (χ0) is 25.8. The Kier molecular flexibility index (Phi) is 7.02. The first kappa shape index (κ1) is 24.5. The average Bonchev–Trinajstić information content (AvgIpc) is 2.84. The summed E-state index contributed by atoms with van der Waals surface area (Å²) >= 11 is 1.33. The van der Waals surface area contributed by atoms with E-state index in [2.05, 4.69) is 26.4 Å². The lowest BCUT2D eigenvalue weighted by molar-refractivity contribution is -0.688. The fraction of sp³-hybridized carbons (Fsp3) is 0.227. The number of amides is 2. The van der Waals surface area contributed by atoms with Crippen LogP contribution in [0.25, 0.3) is 0 Å². The predicted octanol–water partition coefficient (Wildman–Crippen LogP) is -1.28. The number of hydrogen-bond donors (Lipinski definition) is 4. The maximum Gasteiger partial charge on any atom is 0.352 e. The van der Waals surface area contributed by atoms with Crippen LogP contribution in [0.2, 0.25) is 0 Å². The van der Waals surface area contributed by atoms with Gasteiger partial charge in [-0.15, -0.1) is 18.2 Å². The molecule has 1 saturated heterocycles. The summed E-state index contributed by atoms with van der Waals surface area (Å²) in [6.07, 6.45) is 9.91. The van der Waals surface area contributed by atoms with Gasteiger partial charge in [0.05, 0.1) is 5.69 Å². The van der Waals surface area contributed by atoms with E-state index >= 15 is 0 Å². The molecular weight excluding hydrogens is 488 g/mol. The Morgan fingerprint density at radius 1 is 1.42 bits per heavy atom. The van der Waals surface area contributed by atoms with Gasteiger partial charge >= 0.3 is 5.97 Å². The van der Waals surface area contributed by atoms with Gasteiger partial charge in [0.15, 0.2) is 31.4 Å². The molecule has 2 aliphatic rings. The molecule has 2 aromatic heterocycles. The Labute approximate surface area is 209 Å². The lowest BCUT2D eigenvalue weighted by Gasteiger charge is -2.49. The van der Waals surface area contributed by atoms with Crippen LogP contribution in [0.3, 0.4) is 0 Å². The molecule has 13 nitrogen and oxygen atoms in total. The van der Waals surface area contributed by atoms with Crippen LogP contribution in [-0.4, -0.2) is 67.2 Å². The molecule has 4 rings (SSSR count). The van der Waals surface area contributed by atoms with E-state index < -0.39 is 29.2 Å². The topological polar surface area (TPSA) is 190 Å². The summed E-state index contributed by atoms with van der Waals surface area (Å²) < 4.78 is 1.74. The molecule has 6 N–H and O–H groups in total. The minimum Gasteiger partial charge on any atom is -0.477 e. The predicted molar refractivity (Wildman–Crippen MR) is 129 cm³/mol. The highest BCUT2D eigenvalue weighted by molar-refractivity contribution is 8.00. The van der Waals surface area contributed by atoms with E-state index in [9.17, 15) is 19.5 Å². The molecule has 2 amide bonds. The van der Waals surface area contributed by atoms with Gasteiger partial charge < -0.3 is 26.7 Å². The molecule has 0 radical (unpaired) electrons. The minimum absolute atomic E-state index is 0.0907. The van der Waals surface area contributed by atoms with E-state index in [1.807, 2.05) is 0 Å². The molecule has 4 heterocycles. The van der Waals surface area contributed by atoms with Crippen molar-refractivity contribution in [2.75, 3.05) is 23.8 Å². The van der Waals surface area contributed by atoms with Crippen LogP contribution < -0.4 is 21.4 Å². The van der Waals surface area contributed by atoms with Crippen molar-refractivity contribution in [2.24, 2.45) is 5.16 Å². The monoisotopic (exact) mass is 509 g/mol. The standard InChI is InChI=1S/C22H20N8O5S/c1-2-8-35-28-15(18-25-6-5-14(24)26-18)19(31)27-16-20(32)30-17(22(33)34)12(11-36-21(16)30)9-29-7-3-4-13(23)10-29/h1,3-7,10,16,21H,8-9,11,23H2,(H3-,24,25,26,27,31,33,34)/p+1/t16?,21-/m0/s1. The minimum atomic E-state index is -1.24. The number of nitrogens with one attached hydrogen (secondary N) is 1. The number of fused-ring (bicyclic) bond motifs is 1. The van der Waals surface area contributed by atoms with Crippen LogP contribution in [0.5, 0.6) is 0 Å². The molecule has 2 atom stereocenters. The van der Waals surface area contributed by atoms with Gasteiger partial charge in [-0.2, -0.15) is 4.57 Å². The van der Waals surface area contributed by atoms with Crippen molar-refractivity contribution in [2.45, 2.75) is 18.0 Å². The molecule has 1 fully saturated rings. The number of aliphatic carboxylic acids is 1. The van der Waals surface area contributed by atoms with Gasteiger partial charge in [0.2, 0.25) is 5.71 Å². The summed E-state index contributed by atoms with van der Waals surface area (Å²) in [5.74, 6) is -0.122. The van der Waals surface area contributed by atoms with Gasteiger partial charge in [0.1, 0.15) is 22.9 Å². The molecule has 36 heavy (non-hydrogen) atoms. The number of carbonyl (C=O) groups excluding carboxylic acids is 2. The van der Waals surface area contributed by atoms with Crippen molar-refractivity contribution in [3.8, 4) is 12.3 Å². The van der Waals surface area contributed by atoms with Crippen LogP contribution in [0.1, 0.15) is 5.82 Å². The van der Waals surface area contributed by atoms with Gasteiger partial charge in [-0.1, -0.05) is 11.1 Å². The largest absolute Gasteiger partial charge is 0.477 e. The van der Waals surface area contributed by atoms with Crippen LogP contribution in [-0.2, 0) is 25.8 Å². The summed E-state index contributed by atoms with van der Waals surface area (Å²) in [6.45, 7) is 0.0254. The first-order chi connectivity index (χ1) is 17.3. The Morgan fingerprint density at radius 3 is 2.92 bits per heavy atom. The van der Waals surface area contributed by atoms with E-state index in [-0.39, 0.29) is 36.2 Å². The van der Waals surface area contributed by atoms with Crippen molar-refractivity contribution >= 4 is 46.8 Å². The zero-order valence-corrected chi connectivity index (χ0v) is 19.5. The highest BCUT2D eigenvalue weighted by atomic mass is 32.2. The molecule has 0 aliphatic carbocycles. The number of oxime groups is 1. The van der Waals surface area contributed by atoms with E-state index in [1.165, 1.54) is 28.9 Å². The normalized spacial score (nSPS) is 19.1. The molecule has 2 aromatic rings. The quantitative estimate of drug-likeness (QED) is 0.0833. The Morgan fingerprint density at radius 2 is 2.22 bits per heavy atom. The van der Waals surface area contributed by atoms with Crippen LogP contribution in [0.4, 0.5) is 11.5 Å². The number of pyridine rings is 1. The fourth-order valence-corrected chi connectivity index (χ4v) is 5.02. The summed E-state index contributed by atoms with van der Waals surface area (Å²) in [4.78, 5) is 52.1. The van der Waals surface area contributed by atoms with E-state index in [0.29, 0.717) is 17.0 Å². The number of nitrogen functional groups attached to an aromatic ring is 2. The average molecular weight is 510 g/mol. The van der Waals surface area contributed by atoms with Crippen LogP contribution in [0.15, 0.2) is 53.2 Å². The van der Waals surface area contributed by atoms with Gasteiger partial charge in [0.25, 0.3) is 11.8 Å². The second-order valence-corrected chi connectivity index (χ2v) is 8.76. The maximum atomic E-state index is 13.0. The summed E-state index contributed by atoms with van der Waals surface area (Å²) in [5, 5.41) is 15.5. The number of carboxylic acid groups (broad SMARTS) is 1. The molecule has 0 spiro atoms. The number of hydrogen-bond acceptors (Lipinski definition) is 10. The van der Waals surface area contributed by atoms with Gasteiger partial charge in [-0.3, -0.25) is 14.5 Å². The second-order valence-electron chi connectivity index (χ2n) is 7.65. The first-order valence-corrected chi connectivity index (χ1v) is 11.5. The molecule has 14 heteroatoms. The highest BCUT2D eigenvalue weighted by Gasteiger charge is 2.54. The van der Waals surface area contributed by atoms with Crippen LogP contribution >= 0.6 is 11.8 Å². The van der Waals surface area contributed by atoms with E-state index in [0.717, 1.165) is 0 Å². The SMILES string of the molecule is C#CCON=C(C(=O)NC1C(=O)N2C(C(=O)O)=C(C[n+]3cccc(N)c3)CS[C@@H]12)c1nccc(N)n1. The van der Waals surface area contributed by atoms with Crippen molar-refractivity contribution in [3.63, 3.8) is 0 Å². The smallest absolute Gasteiger partial charge is 0.352 e. The van der Waals surface area contributed by atoms with Crippen molar-refractivity contribution in [1.29, 1.82) is 0 Å². The zero-order valence-electron chi connectivity index (χ0n) is 18.7. The molecule has 2 aliphatic heterocycles. The lowest BCUT2D eigenvalue weighted by Crippen LogP contribution is -2.71. The fourth-order valence-electron chi connectivity index (χ4n) is 3.68. The number of rotatable bonds is 8. The second kappa shape index (κ2) is 10.3. The number of carboxylic acids is 1. The third kappa shape index (κ3) is 4.91. The number of β-lactam (4-membered cyclic amide) rings is 1. The number of nitrogens with two attached hydrogens (primary N) is 2. The van der Waals surface area contributed by atoms with E-state index in [1.54, 1.807) is 29.1 Å². The van der Waals surface area contributed by atoms with Crippen molar-refractivity contribution in [3.05, 3.63) is 53.9 Å². The van der Waals surface area contributed by atoms with E-state index in [4.69, 9.17) is 22.7 Å². The summed E-state index contributed by atoms with van der Waals surface area (Å²) in [7, 11) is 0. The molecule has 1 unspecified atom stereocenters. The number of nitrogens with zero attached hydrogens (tertiary/aromatic N) is 5. The van der Waals surface area contributed by atoms with Gasteiger partial charge in [-0.05, 0) is 12.1 Å². The van der Waals surface area contributed by atoms with Gasteiger partial charge in [-0.25, -0.2) is 14.8 Å². The maximum absolute atomic E-state index is 13.0. The Hall–Kier alpha value is -4.64. The Balaban J connectivity index is 1.55. The van der Waals surface area contributed by atoms with Crippen molar-refractivity contribution < 1.29 is 28.9 Å². The molecule has 0 aromatic carbocycles. The molecule has 0 saturated carbocycles. The third-order valence-corrected chi connectivity index (χ3v) is 6.54. The lowest BCUT2D eigenvalue weighted by atomic mass is 10.0. The first-order valence-electron chi connectivity index (χ1n) is 10.5. The number of terminal acetylenes is 1. The van der Waals surface area contributed by atoms with Gasteiger partial charge in [0, 0.05) is 23.6 Å². The molecule has 184 valence electrons. The molecule has 0 bridgehead atoms. The number of thioether (sulfide) groups is 1. The number of aromatic nitrogens is 3. The highest BCUT2D eigenvalue weighted by Crippen LogP contribution is 2.40. The number of carbonyl (C=O) groups is 3. The molecular formula is C22H21N8O5S+. The third-order valence-electron chi connectivity index (χ3n) is 5.20. The van der Waals surface area contributed by atoms with Crippen LogP contribution in [0, 0.1) is 12.3 Å². The summed E-state index contributed by atoms with van der Waals surface area (Å²) in [5.41, 5.74) is 12.1. The van der Waals surface area contributed by atoms with Crippen molar-refractivity contribution in [1.82, 2.24) is 20.2 Å². The summed E-state index contributed by atoms with van der Waals surface area (Å²) in [6, 6.07) is 3.88.